The summed E-state index contributed by atoms with van der Waals surface area (Å²) in [5.74, 6) is -0.907. The maximum atomic E-state index is 13.3. The van der Waals surface area contributed by atoms with Crippen molar-refractivity contribution >= 4 is 23.9 Å². The summed E-state index contributed by atoms with van der Waals surface area (Å²) in [5.41, 5.74) is 1.72. The Morgan fingerprint density at radius 3 is 1.81 bits per heavy atom. The summed E-state index contributed by atoms with van der Waals surface area (Å²) in [5, 5.41) is 0. The fourth-order valence-electron chi connectivity index (χ4n) is 6.98. The predicted octanol–water partition coefficient (Wildman–Crippen LogP) is 3.96. The molecule has 0 aliphatic carbocycles. The molecule has 0 bridgehead atoms. The molecule has 3 aliphatic rings. The number of rotatable bonds is 16. The highest BCUT2D eigenvalue weighted by atomic mass is 16.8. The summed E-state index contributed by atoms with van der Waals surface area (Å²) in [6, 6.07) is 24.7. The van der Waals surface area contributed by atoms with E-state index in [2.05, 4.69) is 0 Å². The van der Waals surface area contributed by atoms with Gasteiger partial charge in [-0.25, -0.2) is 9.69 Å². The van der Waals surface area contributed by atoms with Crippen molar-refractivity contribution < 1.29 is 71.3 Å². The lowest BCUT2D eigenvalue weighted by atomic mass is 9.94. The summed E-state index contributed by atoms with van der Waals surface area (Å²) < 4.78 is 67.0. The number of nitrogens with zero attached hydrogens (tertiary/aromatic N) is 1. The van der Waals surface area contributed by atoms with E-state index in [-0.39, 0.29) is 19.8 Å². The summed E-state index contributed by atoms with van der Waals surface area (Å²) in [7, 11) is 3.04. The van der Waals surface area contributed by atoms with Crippen LogP contribution in [0.25, 0.3) is 0 Å². The van der Waals surface area contributed by atoms with E-state index in [0.29, 0.717) is 11.5 Å². The molecule has 3 heterocycles. The first-order valence-electron chi connectivity index (χ1n) is 18.4. The summed E-state index contributed by atoms with van der Waals surface area (Å²) >= 11 is 0. The quantitative estimate of drug-likeness (QED) is 0.151. The highest BCUT2D eigenvalue weighted by Gasteiger charge is 2.61. The molecule has 3 aromatic carbocycles. The number of esters is 2. The van der Waals surface area contributed by atoms with Gasteiger partial charge in [0.25, 0.3) is 0 Å². The van der Waals surface area contributed by atoms with Crippen LogP contribution in [-0.2, 0) is 70.2 Å². The van der Waals surface area contributed by atoms with Gasteiger partial charge in [-0.15, -0.1) is 0 Å². The molecule has 0 N–H and O–H groups in total. The third kappa shape index (κ3) is 10.3. The van der Waals surface area contributed by atoms with Crippen LogP contribution in [0.4, 0.5) is 4.79 Å². The summed E-state index contributed by atoms with van der Waals surface area (Å²) in [4.78, 5) is 51.5. The van der Waals surface area contributed by atoms with E-state index in [1.807, 2.05) is 60.7 Å². The van der Waals surface area contributed by atoms with Gasteiger partial charge in [-0.1, -0.05) is 60.7 Å². The average Bonchev–Trinajstić information content (AvgIpc) is 3.57. The SMILES string of the molecule is COc1ccc(OC[C@H]2O[C@H](OC)[C@H](OCc3ccccc3)[C@@H](OCc3ccccc3)[C@@H]2O[C@H]2O[C@H](COC(C)=O)[C@@H](OC(C)=O)[C@@H]3OC(=O)N(C(C)=O)[C@@H]23)cc1. The molecule has 3 fully saturated rings. The lowest BCUT2D eigenvalue weighted by Crippen LogP contribution is -2.67. The number of methoxy groups -OCH3 is 2. The van der Waals surface area contributed by atoms with E-state index in [4.69, 9.17) is 52.1 Å². The Kier molecular flexibility index (Phi) is 14.1. The van der Waals surface area contributed by atoms with Gasteiger partial charge in [-0.05, 0) is 35.4 Å². The molecular formula is C41H47NO15. The maximum absolute atomic E-state index is 13.3. The molecule has 0 saturated carbocycles. The van der Waals surface area contributed by atoms with Gasteiger partial charge in [0.05, 0.1) is 20.3 Å². The second kappa shape index (κ2) is 19.4. The zero-order chi connectivity index (χ0) is 40.5. The van der Waals surface area contributed by atoms with Crippen LogP contribution in [0, 0.1) is 0 Å². The van der Waals surface area contributed by atoms with E-state index in [0.717, 1.165) is 16.0 Å². The Balaban J connectivity index is 1.40. The highest BCUT2D eigenvalue weighted by molar-refractivity contribution is 5.92. The number of amides is 2. The first-order chi connectivity index (χ1) is 27.6. The molecule has 16 heteroatoms. The lowest BCUT2D eigenvalue weighted by Gasteiger charge is -2.48. The van der Waals surface area contributed by atoms with Gasteiger partial charge in [0.1, 0.15) is 61.3 Å². The zero-order valence-corrected chi connectivity index (χ0v) is 32.3. The minimum atomic E-state index is -1.47. The van der Waals surface area contributed by atoms with Gasteiger partial charge in [-0.2, -0.15) is 0 Å². The predicted molar refractivity (Wildman–Crippen MR) is 196 cm³/mol. The van der Waals surface area contributed by atoms with Crippen LogP contribution in [0.5, 0.6) is 11.5 Å². The number of hydrogen-bond acceptors (Lipinski definition) is 15. The number of benzene rings is 3. The standard InChI is InChI=1S/C41H47NO15/c1-24(43)42-33-36(57-41(42)46)34(53-26(3)45)31(22-49-25(2)44)54-39(33)56-35-32(23-50-30-18-16-29(47-4)17-19-30)55-40(48-5)38(52-21-28-14-10-7-11-15-28)37(35)51-20-27-12-8-6-9-13-27/h6-19,31-40H,20-23H2,1-5H3/t31-,32-,33-,34-,35-,36-,37+,38-,39-,40+/m1/s1. The van der Waals surface area contributed by atoms with Crippen LogP contribution in [0.2, 0.25) is 0 Å². The molecule has 2 amide bonds. The van der Waals surface area contributed by atoms with Crippen LogP contribution in [-0.4, -0.2) is 118 Å². The van der Waals surface area contributed by atoms with Crippen LogP contribution in [0.3, 0.4) is 0 Å². The number of ether oxygens (including phenoxy) is 11. The molecule has 0 radical (unpaired) electrons. The molecule has 3 aliphatic heterocycles. The van der Waals surface area contributed by atoms with Crippen molar-refractivity contribution in [1.29, 1.82) is 0 Å². The smallest absolute Gasteiger partial charge is 0.417 e. The largest absolute Gasteiger partial charge is 0.497 e. The number of carbonyl (C=O) groups is 4. The number of carbonyl (C=O) groups excluding carboxylic acids is 4. The third-order valence-electron chi connectivity index (χ3n) is 9.60. The molecule has 0 aromatic heterocycles. The minimum Gasteiger partial charge on any atom is -0.497 e. The van der Waals surface area contributed by atoms with Crippen molar-refractivity contribution in [2.45, 2.75) is 95.3 Å². The molecule has 0 unspecified atom stereocenters. The Morgan fingerprint density at radius 2 is 1.25 bits per heavy atom. The average molecular weight is 794 g/mol. The molecule has 3 saturated heterocycles. The number of fused-ring (bicyclic) bond motifs is 1. The monoisotopic (exact) mass is 793 g/mol. The second-order valence-corrected chi connectivity index (χ2v) is 13.5. The van der Waals surface area contributed by atoms with Crippen molar-refractivity contribution in [3.05, 3.63) is 96.1 Å². The highest BCUT2D eigenvalue weighted by Crippen LogP contribution is 2.39. The van der Waals surface area contributed by atoms with Gasteiger partial charge in [0.15, 0.2) is 24.8 Å². The van der Waals surface area contributed by atoms with Crippen molar-refractivity contribution in [2.75, 3.05) is 27.4 Å². The van der Waals surface area contributed by atoms with Crippen LogP contribution in [0.15, 0.2) is 84.9 Å². The Labute approximate surface area is 330 Å². The molecule has 6 rings (SSSR count). The molecule has 16 nitrogen and oxygen atoms in total. The lowest BCUT2D eigenvalue weighted by molar-refractivity contribution is -0.354. The van der Waals surface area contributed by atoms with Gasteiger partial charge in [0, 0.05) is 27.9 Å². The van der Waals surface area contributed by atoms with Crippen molar-refractivity contribution in [3.8, 4) is 11.5 Å². The normalized spacial score (nSPS) is 28.2. The Bertz CT molecular complexity index is 1790. The van der Waals surface area contributed by atoms with Crippen LogP contribution >= 0.6 is 0 Å². The van der Waals surface area contributed by atoms with Gasteiger partial charge < -0.3 is 52.1 Å². The van der Waals surface area contributed by atoms with Crippen molar-refractivity contribution in [1.82, 2.24) is 4.90 Å². The minimum absolute atomic E-state index is 0.104. The van der Waals surface area contributed by atoms with E-state index in [9.17, 15) is 19.2 Å². The molecule has 57 heavy (non-hydrogen) atoms. The van der Waals surface area contributed by atoms with E-state index in [1.54, 1.807) is 31.4 Å². The van der Waals surface area contributed by atoms with Crippen molar-refractivity contribution in [2.24, 2.45) is 0 Å². The maximum Gasteiger partial charge on any atom is 0.417 e. The summed E-state index contributed by atoms with van der Waals surface area (Å²) in [6.07, 6.45) is -11.2. The fourth-order valence-corrected chi connectivity index (χ4v) is 6.98. The molecular weight excluding hydrogens is 746 g/mol. The van der Waals surface area contributed by atoms with Crippen LogP contribution in [0.1, 0.15) is 31.9 Å². The van der Waals surface area contributed by atoms with Crippen molar-refractivity contribution in [3.63, 3.8) is 0 Å². The van der Waals surface area contributed by atoms with Gasteiger partial charge in [0.2, 0.25) is 5.91 Å². The zero-order valence-electron chi connectivity index (χ0n) is 32.3. The second-order valence-electron chi connectivity index (χ2n) is 13.5. The fraction of sp³-hybridized carbons (Fsp3) is 0.463. The molecule has 10 atom stereocenters. The van der Waals surface area contributed by atoms with Gasteiger partial charge in [-0.3, -0.25) is 14.4 Å². The molecule has 3 aromatic rings. The number of hydrogen-bond donors (Lipinski definition) is 0. The molecule has 306 valence electrons. The first-order valence-corrected chi connectivity index (χ1v) is 18.4. The Morgan fingerprint density at radius 1 is 0.667 bits per heavy atom. The topological polar surface area (TPSA) is 173 Å². The molecule has 0 spiro atoms. The van der Waals surface area contributed by atoms with E-state index < -0.39 is 91.9 Å². The van der Waals surface area contributed by atoms with E-state index in [1.165, 1.54) is 27.9 Å². The Hall–Kier alpha value is -5.10. The first kappa shape index (κ1) is 41.5. The van der Waals surface area contributed by atoms with Gasteiger partial charge >= 0.3 is 18.0 Å². The van der Waals surface area contributed by atoms with Crippen LogP contribution < -0.4 is 9.47 Å². The third-order valence-corrected chi connectivity index (χ3v) is 9.60. The van der Waals surface area contributed by atoms with E-state index >= 15 is 0 Å². The summed E-state index contributed by atoms with van der Waals surface area (Å²) in [6.45, 7) is 3.32. The number of imide groups is 1.